The van der Waals surface area contributed by atoms with Crippen LogP contribution in [0, 0.1) is 11.3 Å². The maximum atomic E-state index is 6.04. The highest BCUT2D eigenvalue weighted by Gasteiger charge is 2.32. The molecule has 0 aromatic carbocycles. The molecule has 0 amide bonds. The van der Waals surface area contributed by atoms with Gasteiger partial charge in [-0.25, -0.2) is 0 Å². The fraction of sp³-hybridized carbons (Fsp3) is 1.00. The predicted octanol–water partition coefficient (Wildman–Crippen LogP) is 3.44. The molecule has 0 saturated heterocycles. The summed E-state index contributed by atoms with van der Waals surface area (Å²) in [5.74, 6) is 0.718. The Bertz CT molecular complexity index is 211. The zero-order valence-corrected chi connectivity index (χ0v) is 13.3. The third kappa shape index (κ3) is 5.25. The summed E-state index contributed by atoms with van der Waals surface area (Å²) in [5.41, 5.74) is 6.36. The molecule has 0 radical (unpaired) electrons. The van der Waals surface area contributed by atoms with E-state index >= 15 is 0 Å². The minimum Gasteiger partial charge on any atom is -0.353 e. The van der Waals surface area contributed by atoms with Crippen LogP contribution in [0.25, 0.3) is 0 Å². The summed E-state index contributed by atoms with van der Waals surface area (Å²) in [7, 11) is 1.69. The van der Waals surface area contributed by atoms with Gasteiger partial charge in [0.15, 0.2) is 6.35 Å². The summed E-state index contributed by atoms with van der Waals surface area (Å²) < 4.78 is 5.30. The number of hydrogen-bond acceptors (Lipinski definition) is 3. The van der Waals surface area contributed by atoms with Crippen LogP contribution in [-0.4, -0.2) is 31.5 Å². The van der Waals surface area contributed by atoms with Gasteiger partial charge in [-0.2, -0.15) is 0 Å². The van der Waals surface area contributed by atoms with Gasteiger partial charge < -0.3 is 4.74 Å². The first kappa shape index (κ1) is 17.9. The van der Waals surface area contributed by atoms with Crippen LogP contribution in [-0.2, 0) is 4.74 Å². The van der Waals surface area contributed by atoms with Gasteiger partial charge in [0.2, 0.25) is 0 Å². The van der Waals surface area contributed by atoms with Gasteiger partial charge in [0, 0.05) is 20.2 Å². The first-order chi connectivity index (χ1) is 8.45. The van der Waals surface area contributed by atoms with Crippen molar-refractivity contribution in [3.63, 3.8) is 0 Å². The summed E-state index contributed by atoms with van der Waals surface area (Å²) in [6, 6.07) is 0. The van der Waals surface area contributed by atoms with Crippen LogP contribution in [0.3, 0.4) is 0 Å². The van der Waals surface area contributed by atoms with Crippen molar-refractivity contribution in [3.8, 4) is 0 Å². The second-order valence-electron chi connectivity index (χ2n) is 5.79. The molecule has 0 aromatic rings. The standard InChI is InChI=1S/C15H34N2O/c1-7-10-13(4)15(5,9-3)12-17(11-8-2)14(16)18-6/h13-14H,7-12,16H2,1-6H3/t13?,14-,15?/m1/s1. The lowest BCUT2D eigenvalue weighted by Crippen LogP contribution is -2.49. The molecule has 0 rings (SSSR count). The van der Waals surface area contributed by atoms with Crippen molar-refractivity contribution in [2.75, 3.05) is 20.2 Å². The Labute approximate surface area is 114 Å². The molecule has 0 bridgehead atoms. The Morgan fingerprint density at radius 2 is 1.83 bits per heavy atom. The molecule has 2 unspecified atom stereocenters. The van der Waals surface area contributed by atoms with E-state index in [0.717, 1.165) is 25.4 Å². The van der Waals surface area contributed by atoms with Crippen molar-refractivity contribution in [2.45, 2.75) is 66.7 Å². The lowest BCUT2D eigenvalue weighted by molar-refractivity contribution is -0.0554. The first-order valence-electron chi connectivity index (χ1n) is 7.47. The van der Waals surface area contributed by atoms with Gasteiger partial charge in [0.05, 0.1) is 0 Å². The summed E-state index contributed by atoms with van der Waals surface area (Å²) in [6.07, 6.45) is 4.56. The SMILES string of the molecule is CCCC(C)C(C)(CC)CN(CCC)[C@@H](N)OC. The average molecular weight is 258 g/mol. The van der Waals surface area contributed by atoms with E-state index in [4.69, 9.17) is 10.5 Å². The van der Waals surface area contributed by atoms with E-state index in [1.165, 1.54) is 19.3 Å². The minimum absolute atomic E-state index is 0.273. The smallest absolute Gasteiger partial charge is 0.163 e. The van der Waals surface area contributed by atoms with Crippen molar-refractivity contribution in [2.24, 2.45) is 17.1 Å². The number of nitrogens with zero attached hydrogens (tertiary/aromatic N) is 1. The molecule has 0 saturated carbocycles. The zero-order chi connectivity index (χ0) is 14.2. The van der Waals surface area contributed by atoms with Crippen molar-refractivity contribution < 1.29 is 4.74 Å². The Balaban J connectivity index is 4.71. The molecule has 0 aliphatic rings. The van der Waals surface area contributed by atoms with E-state index < -0.39 is 0 Å². The fourth-order valence-electron chi connectivity index (χ4n) is 2.59. The van der Waals surface area contributed by atoms with Crippen LogP contribution >= 0.6 is 0 Å². The van der Waals surface area contributed by atoms with Gasteiger partial charge in [-0.15, -0.1) is 0 Å². The quantitative estimate of drug-likeness (QED) is 0.610. The van der Waals surface area contributed by atoms with Crippen molar-refractivity contribution in [1.29, 1.82) is 0 Å². The molecule has 0 aliphatic carbocycles. The second kappa shape index (κ2) is 8.89. The van der Waals surface area contributed by atoms with Crippen LogP contribution in [0.1, 0.15) is 60.3 Å². The second-order valence-corrected chi connectivity index (χ2v) is 5.79. The zero-order valence-electron chi connectivity index (χ0n) is 13.3. The predicted molar refractivity (Wildman–Crippen MR) is 79.3 cm³/mol. The van der Waals surface area contributed by atoms with Gasteiger partial charge in [-0.3, -0.25) is 10.6 Å². The minimum atomic E-state index is -0.273. The van der Waals surface area contributed by atoms with E-state index in [-0.39, 0.29) is 6.35 Å². The van der Waals surface area contributed by atoms with Gasteiger partial charge in [0.1, 0.15) is 0 Å². The molecule has 0 fully saturated rings. The van der Waals surface area contributed by atoms with Crippen LogP contribution in [0.5, 0.6) is 0 Å². The van der Waals surface area contributed by atoms with Crippen molar-refractivity contribution >= 4 is 0 Å². The van der Waals surface area contributed by atoms with E-state index in [1.807, 2.05) is 0 Å². The van der Waals surface area contributed by atoms with Crippen LogP contribution in [0.15, 0.2) is 0 Å². The average Bonchev–Trinajstić information content (AvgIpc) is 2.37. The Kier molecular flexibility index (Phi) is 8.83. The molecule has 2 N–H and O–H groups in total. The molecule has 18 heavy (non-hydrogen) atoms. The maximum Gasteiger partial charge on any atom is 0.163 e. The fourth-order valence-corrected chi connectivity index (χ4v) is 2.59. The van der Waals surface area contributed by atoms with Gasteiger partial charge >= 0.3 is 0 Å². The van der Waals surface area contributed by atoms with Crippen LogP contribution in [0.2, 0.25) is 0 Å². The summed E-state index contributed by atoms with van der Waals surface area (Å²) in [6.45, 7) is 13.5. The van der Waals surface area contributed by atoms with Gasteiger partial charge in [0.25, 0.3) is 0 Å². The van der Waals surface area contributed by atoms with Crippen molar-refractivity contribution in [1.82, 2.24) is 4.90 Å². The number of rotatable bonds is 10. The molecular formula is C15H34N2O. The van der Waals surface area contributed by atoms with Crippen molar-refractivity contribution in [3.05, 3.63) is 0 Å². The van der Waals surface area contributed by atoms with E-state index in [1.54, 1.807) is 7.11 Å². The normalized spacial score (nSPS) is 18.7. The van der Waals surface area contributed by atoms with Gasteiger partial charge in [-0.05, 0) is 24.2 Å². The third-order valence-electron chi connectivity index (χ3n) is 4.40. The summed E-state index contributed by atoms with van der Waals surface area (Å²) in [4.78, 5) is 2.27. The molecule has 110 valence electrons. The van der Waals surface area contributed by atoms with Crippen LogP contribution < -0.4 is 5.73 Å². The highest BCUT2D eigenvalue weighted by Crippen LogP contribution is 2.35. The van der Waals surface area contributed by atoms with E-state index in [9.17, 15) is 0 Å². The lowest BCUT2D eigenvalue weighted by atomic mass is 9.73. The Morgan fingerprint density at radius 3 is 2.22 bits per heavy atom. The summed E-state index contributed by atoms with van der Waals surface area (Å²) >= 11 is 0. The molecule has 0 aliphatic heterocycles. The highest BCUT2D eigenvalue weighted by molar-refractivity contribution is 4.82. The molecule has 3 nitrogen and oxygen atoms in total. The number of nitrogens with two attached hydrogens (primary N) is 1. The number of ether oxygens (including phenoxy) is 1. The lowest BCUT2D eigenvalue weighted by Gasteiger charge is -2.41. The van der Waals surface area contributed by atoms with Crippen LogP contribution in [0.4, 0.5) is 0 Å². The molecule has 3 atom stereocenters. The third-order valence-corrected chi connectivity index (χ3v) is 4.40. The molecule has 0 aromatic heterocycles. The Morgan fingerprint density at radius 1 is 1.22 bits per heavy atom. The maximum absolute atomic E-state index is 6.04. The number of hydrogen-bond donors (Lipinski definition) is 1. The molecule has 3 heteroatoms. The Hall–Kier alpha value is -0.120. The molecule has 0 spiro atoms. The molecule has 0 heterocycles. The first-order valence-corrected chi connectivity index (χ1v) is 7.47. The highest BCUT2D eigenvalue weighted by atomic mass is 16.5. The monoisotopic (exact) mass is 258 g/mol. The number of methoxy groups -OCH3 is 1. The largest absolute Gasteiger partial charge is 0.353 e. The van der Waals surface area contributed by atoms with Gasteiger partial charge in [-0.1, -0.05) is 47.5 Å². The molecular weight excluding hydrogens is 224 g/mol. The topological polar surface area (TPSA) is 38.5 Å². The van der Waals surface area contributed by atoms with E-state index in [0.29, 0.717) is 5.41 Å². The van der Waals surface area contributed by atoms with E-state index in [2.05, 4.69) is 39.5 Å². The summed E-state index contributed by atoms with van der Waals surface area (Å²) in [5, 5.41) is 0.